The van der Waals surface area contributed by atoms with E-state index in [1.54, 1.807) is 34.8 Å². The van der Waals surface area contributed by atoms with Gasteiger partial charge in [0.15, 0.2) is 4.90 Å². The van der Waals surface area contributed by atoms with Gasteiger partial charge in [-0.2, -0.15) is 0 Å². The minimum atomic E-state index is -1.04. The molecular formula is C17H16Cl2O2S3. The third-order valence-electron chi connectivity index (χ3n) is 3.00. The molecule has 0 bridgehead atoms. The molecule has 24 heavy (non-hydrogen) atoms. The molecule has 7 heteroatoms. The highest BCUT2D eigenvalue weighted by atomic mass is 35.5. The number of hydrogen-bond donors (Lipinski definition) is 0. The zero-order valence-corrected chi connectivity index (χ0v) is 16.9. The van der Waals surface area contributed by atoms with Gasteiger partial charge < -0.3 is 9.29 Å². The summed E-state index contributed by atoms with van der Waals surface area (Å²) in [5, 5.41) is 3.10. The zero-order chi connectivity index (χ0) is 17.4. The van der Waals surface area contributed by atoms with Crippen molar-refractivity contribution < 1.29 is 9.29 Å². The largest absolute Gasteiger partial charge is 0.611 e. The molecule has 0 saturated carbocycles. The minimum absolute atomic E-state index is 0.493. The third kappa shape index (κ3) is 6.47. The maximum Gasteiger partial charge on any atom is 0.153 e. The Morgan fingerprint density at radius 3 is 2.54 bits per heavy atom. The lowest BCUT2D eigenvalue weighted by Crippen LogP contribution is -2.04. The highest BCUT2D eigenvalue weighted by molar-refractivity contribution is 8.77. The fraction of sp³-hybridized carbons (Fsp3) is 0.176. The Balaban J connectivity index is 1.70. The van der Waals surface area contributed by atoms with Crippen LogP contribution in [0.3, 0.4) is 0 Å². The van der Waals surface area contributed by atoms with Crippen LogP contribution in [0.5, 0.6) is 5.75 Å². The molecule has 0 saturated heterocycles. The molecule has 0 aliphatic carbocycles. The van der Waals surface area contributed by atoms with Crippen LogP contribution in [0.4, 0.5) is 0 Å². The highest BCUT2D eigenvalue weighted by Crippen LogP contribution is 2.30. The average molecular weight is 419 g/mol. The number of rotatable bonds is 8. The molecule has 1 atom stereocenters. The first-order chi connectivity index (χ1) is 11.6. The molecule has 0 N–H and O–H groups in total. The summed E-state index contributed by atoms with van der Waals surface area (Å²) in [6.07, 6.45) is 1.92. The second kappa shape index (κ2) is 10.5. The summed E-state index contributed by atoms with van der Waals surface area (Å²) in [4.78, 5) is 0.800. The first-order valence-electron chi connectivity index (χ1n) is 7.00. The monoisotopic (exact) mass is 418 g/mol. The molecule has 2 nitrogen and oxygen atoms in total. The standard InChI is InChI=1S/C17H16Cl2O2S3/c1-21-14-4-6-15(7-5-14)24(20)10-2-9-22-23-12-13-3-8-16(18)17(19)11-13/h2-9,11H,10,12H2,1H3/b9-2+. The van der Waals surface area contributed by atoms with E-state index in [0.29, 0.717) is 15.8 Å². The van der Waals surface area contributed by atoms with E-state index in [1.807, 2.05) is 47.9 Å². The summed E-state index contributed by atoms with van der Waals surface area (Å²) in [6.45, 7) is 0. The maximum atomic E-state index is 12.1. The Morgan fingerprint density at radius 1 is 1.12 bits per heavy atom. The van der Waals surface area contributed by atoms with Crippen molar-refractivity contribution in [1.29, 1.82) is 0 Å². The summed E-state index contributed by atoms with van der Waals surface area (Å²) < 4.78 is 17.2. The van der Waals surface area contributed by atoms with Crippen molar-refractivity contribution in [3.63, 3.8) is 0 Å². The second-order valence-electron chi connectivity index (χ2n) is 4.67. The maximum absolute atomic E-state index is 12.1. The Bertz CT molecular complexity index is 678. The molecule has 0 aliphatic rings. The van der Waals surface area contributed by atoms with Gasteiger partial charge in [-0.3, -0.25) is 0 Å². The molecule has 0 aliphatic heterocycles. The molecular weight excluding hydrogens is 403 g/mol. The number of halogens is 2. The molecule has 1 unspecified atom stereocenters. The van der Waals surface area contributed by atoms with Crippen LogP contribution < -0.4 is 4.74 Å². The molecule has 2 aromatic rings. The fourth-order valence-electron chi connectivity index (χ4n) is 1.76. The first-order valence-corrected chi connectivity index (χ1v) is 11.5. The molecule has 0 heterocycles. The molecule has 2 aromatic carbocycles. The van der Waals surface area contributed by atoms with Gasteiger partial charge in [0.25, 0.3) is 0 Å². The Kier molecular flexibility index (Phi) is 8.73. The van der Waals surface area contributed by atoms with Gasteiger partial charge in [0, 0.05) is 5.75 Å². The molecule has 0 amide bonds. The van der Waals surface area contributed by atoms with Crippen LogP contribution in [0.1, 0.15) is 5.56 Å². The molecule has 0 radical (unpaired) electrons. The summed E-state index contributed by atoms with van der Waals surface area (Å²) in [7, 11) is 4.91. The topological polar surface area (TPSA) is 32.3 Å². The van der Waals surface area contributed by atoms with E-state index in [0.717, 1.165) is 22.0 Å². The van der Waals surface area contributed by atoms with E-state index in [2.05, 4.69) is 0 Å². The lowest BCUT2D eigenvalue weighted by Gasteiger charge is -2.08. The Hall–Kier alpha value is -0.430. The van der Waals surface area contributed by atoms with Crippen molar-refractivity contribution in [1.82, 2.24) is 0 Å². The Morgan fingerprint density at radius 2 is 1.88 bits per heavy atom. The van der Waals surface area contributed by atoms with Crippen LogP contribution in [0.2, 0.25) is 10.0 Å². The van der Waals surface area contributed by atoms with Crippen molar-refractivity contribution in [2.45, 2.75) is 10.6 Å². The Labute approximate surface area is 163 Å². The smallest absolute Gasteiger partial charge is 0.153 e. The number of benzene rings is 2. The SMILES string of the molecule is COc1ccc([S+]([O-])C/C=C/SSCc2ccc(Cl)c(Cl)c2)cc1. The molecule has 0 fully saturated rings. The number of ether oxygens (including phenoxy) is 1. The van der Waals surface area contributed by atoms with Crippen LogP contribution in [0.15, 0.2) is 58.8 Å². The predicted molar refractivity (Wildman–Crippen MR) is 109 cm³/mol. The van der Waals surface area contributed by atoms with E-state index in [9.17, 15) is 4.55 Å². The molecule has 0 spiro atoms. The first kappa shape index (κ1) is 19.9. The van der Waals surface area contributed by atoms with Gasteiger partial charge >= 0.3 is 0 Å². The third-order valence-corrected chi connectivity index (χ3v) is 7.02. The van der Waals surface area contributed by atoms with Crippen molar-refractivity contribution in [3.8, 4) is 5.75 Å². The van der Waals surface area contributed by atoms with Crippen LogP contribution in [-0.4, -0.2) is 17.4 Å². The highest BCUT2D eigenvalue weighted by Gasteiger charge is 2.08. The van der Waals surface area contributed by atoms with Gasteiger partial charge in [0.05, 0.1) is 17.2 Å². The van der Waals surface area contributed by atoms with Crippen molar-refractivity contribution >= 4 is 56.0 Å². The van der Waals surface area contributed by atoms with Crippen LogP contribution in [-0.2, 0) is 16.9 Å². The normalized spacial score (nSPS) is 12.5. The van der Waals surface area contributed by atoms with Crippen molar-refractivity contribution in [2.24, 2.45) is 0 Å². The number of hydrogen-bond acceptors (Lipinski definition) is 4. The van der Waals surface area contributed by atoms with Crippen LogP contribution >= 0.6 is 44.8 Å². The lowest BCUT2D eigenvalue weighted by atomic mass is 10.2. The fourth-order valence-corrected chi connectivity index (χ4v) is 4.83. The molecule has 2 rings (SSSR count). The van der Waals surface area contributed by atoms with E-state index in [-0.39, 0.29) is 0 Å². The van der Waals surface area contributed by atoms with E-state index < -0.39 is 11.2 Å². The second-order valence-corrected chi connectivity index (χ2v) is 9.25. The van der Waals surface area contributed by atoms with Crippen LogP contribution in [0, 0.1) is 0 Å². The van der Waals surface area contributed by atoms with Gasteiger partial charge in [-0.1, -0.05) is 50.9 Å². The average Bonchev–Trinajstić information content (AvgIpc) is 2.60. The summed E-state index contributed by atoms with van der Waals surface area (Å²) >= 11 is 10.8. The summed E-state index contributed by atoms with van der Waals surface area (Å²) in [6, 6.07) is 12.9. The summed E-state index contributed by atoms with van der Waals surface area (Å²) in [5.74, 6) is 2.08. The van der Waals surface area contributed by atoms with Gasteiger partial charge in [-0.25, -0.2) is 0 Å². The van der Waals surface area contributed by atoms with E-state index in [1.165, 1.54) is 0 Å². The molecule has 128 valence electrons. The lowest BCUT2D eigenvalue weighted by molar-refractivity contribution is 0.414. The number of methoxy groups -OCH3 is 1. The quantitative estimate of drug-likeness (QED) is 0.290. The van der Waals surface area contributed by atoms with Gasteiger partial charge in [-0.15, -0.1) is 0 Å². The molecule has 0 aromatic heterocycles. The van der Waals surface area contributed by atoms with Crippen molar-refractivity contribution in [2.75, 3.05) is 12.9 Å². The van der Waals surface area contributed by atoms with E-state index >= 15 is 0 Å². The van der Waals surface area contributed by atoms with Gasteiger partial charge in [0.1, 0.15) is 11.5 Å². The van der Waals surface area contributed by atoms with Gasteiger partial charge in [0.2, 0.25) is 0 Å². The van der Waals surface area contributed by atoms with Gasteiger partial charge in [-0.05, 0) is 64.6 Å². The minimum Gasteiger partial charge on any atom is -0.611 e. The predicted octanol–water partition coefficient (Wildman–Crippen LogP) is 6.20. The van der Waals surface area contributed by atoms with Crippen molar-refractivity contribution in [3.05, 3.63) is 69.6 Å². The van der Waals surface area contributed by atoms with E-state index in [4.69, 9.17) is 27.9 Å². The summed E-state index contributed by atoms with van der Waals surface area (Å²) in [5.41, 5.74) is 1.12. The van der Waals surface area contributed by atoms with Crippen LogP contribution in [0.25, 0.3) is 0 Å². The zero-order valence-electron chi connectivity index (χ0n) is 12.9.